The number of carbonyl (C=O) groups is 1. The van der Waals surface area contributed by atoms with Crippen molar-refractivity contribution in [2.45, 2.75) is 33.2 Å². The van der Waals surface area contributed by atoms with Crippen molar-refractivity contribution < 1.29 is 9.90 Å². The van der Waals surface area contributed by atoms with Crippen LogP contribution in [0.3, 0.4) is 0 Å². The molecule has 120 valence electrons. The van der Waals surface area contributed by atoms with Gasteiger partial charge in [0.1, 0.15) is 11.8 Å². The summed E-state index contributed by atoms with van der Waals surface area (Å²) in [5, 5.41) is 20.7. The van der Waals surface area contributed by atoms with Crippen molar-refractivity contribution in [3.8, 4) is 17.3 Å². The summed E-state index contributed by atoms with van der Waals surface area (Å²) in [5.74, 6) is 0. The molecule has 0 radical (unpaired) electrons. The Bertz CT molecular complexity index is 738. The van der Waals surface area contributed by atoms with Gasteiger partial charge in [0.25, 0.3) is 0 Å². The van der Waals surface area contributed by atoms with E-state index < -0.39 is 6.09 Å². The van der Waals surface area contributed by atoms with E-state index in [1.807, 2.05) is 39.1 Å². The summed E-state index contributed by atoms with van der Waals surface area (Å²) in [6, 6.07) is 7.40. The molecule has 2 heterocycles. The molecule has 0 fully saturated rings. The van der Waals surface area contributed by atoms with Gasteiger partial charge in [-0.2, -0.15) is 5.26 Å². The predicted octanol–water partition coefficient (Wildman–Crippen LogP) is 3.17. The average Bonchev–Trinajstić information content (AvgIpc) is 2.93. The van der Waals surface area contributed by atoms with E-state index in [-0.39, 0.29) is 11.5 Å². The molecule has 0 spiro atoms. The van der Waals surface area contributed by atoms with E-state index in [9.17, 15) is 4.79 Å². The van der Waals surface area contributed by atoms with Gasteiger partial charge in [0.2, 0.25) is 0 Å². The molecular weight excluding hydrogens is 292 g/mol. The first kappa shape index (κ1) is 16.6. The molecule has 1 amide bonds. The fourth-order valence-electron chi connectivity index (χ4n) is 2.38. The van der Waals surface area contributed by atoms with Crippen LogP contribution in [0.1, 0.15) is 32.0 Å². The zero-order chi connectivity index (χ0) is 17.0. The highest BCUT2D eigenvalue weighted by Gasteiger charge is 2.26. The number of H-pyrrole nitrogens is 1. The Hall–Kier alpha value is -2.81. The molecule has 2 aromatic heterocycles. The molecule has 3 N–H and O–H groups in total. The van der Waals surface area contributed by atoms with E-state index in [2.05, 4.69) is 21.4 Å². The van der Waals surface area contributed by atoms with Gasteiger partial charge in [0, 0.05) is 29.7 Å². The smallest absolute Gasteiger partial charge is 0.404 e. The van der Waals surface area contributed by atoms with Crippen molar-refractivity contribution in [3.63, 3.8) is 0 Å². The van der Waals surface area contributed by atoms with Gasteiger partial charge in [-0.3, -0.25) is 0 Å². The topological polar surface area (TPSA) is 102 Å². The summed E-state index contributed by atoms with van der Waals surface area (Å²) in [6.07, 6.45) is 2.96. The molecule has 6 heteroatoms. The molecular formula is C17H20N4O2. The second kappa shape index (κ2) is 6.53. The molecule has 1 atom stereocenters. The SMILES string of the molecule is CC(C)(C)C(Cc1c[nH]c(-c2cccnc2C#N)c1)NC(=O)O. The van der Waals surface area contributed by atoms with Gasteiger partial charge >= 0.3 is 6.09 Å². The number of aromatic amines is 1. The highest BCUT2D eigenvalue weighted by atomic mass is 16.4. The maximum absolute atomic E-state index is 11.0. The molecule has 0 aliphatic carbocycles. The minimum Gasteiger partial charge on any atom is -0.465 e. The van der Waals surface area contributed by atoms with Crippen LogP contribution in [0.25, 0.3) is 11.3 Å². The second-order valence-corrected chi connectivity index (χ2v) is 6.51. The number of nitrogens with zero attached hydrogens (tertiary/aromatic N) is 2. The number of amides is 1. The molecule has 0 saturated heterocycles. The fraction of sp³-hybridized carbons (Fsp3) is 0.353. The van der Waals surface area contributed by atoms with E-state index in [0.717, 1.165) is 16.8 Å². The van der Waals surface area contributed by atoms with Crippen molar-refractivity contribution >= 4 is 6.09 Å². The second-order valence-electron chi connectivity index (χ2n) is 6.51. The van der Waals surface area contributed by atoms with E-state index >= 15 is 0 Å². The minimum absolute atomic E-state index is 0.206. The van der Waals surface area contributed by atoms with Crippen LogP contribution in [0, 0.1) is 16.7 Å². The molecule has 6 nitrogen and oxygen atoms in total. The number of hydrogen-bond donors (Lipinski definition) is 3. The number of pyridine rings is 1. The Morgan fingerprint density at radius 3 is 2.87 bits per heavy atom. The summed E-state index contributed by atoms with van der Waals surface area (Å²) >= 11 is 0. The van der Waals surface area contributed by atoms with Gasteiger partial charge in [0.05, 0.1) is 0 Å². The molecule has 0 saturated carbocycles. The van der Waals surface area contributed by atoms with Gasteiger partial charge in [-0.25, -0.2) is 9.78 Å². The van der Waals surface area contributed by atoms with E-state index in [1.54, 1.807) is 12.3 Å². The first-order chi connectivity index (χ1) is 10.8. The van der Waals surface area contributed by atoms with Crippen molar-refractivity contribution in [1.29, 1.82) is 5.26 Å². The zero-order valence-electron chi connectivity index (χ0n) is 13.4. The third-order valence-corrected chi connectivity index (χ3v) is 3.73. The average molecular weight is 312 g/mol. The molecule has 2 rings (SSSR count). The van der Waals surface area contributed by atoms with E-state index in [0.29, 0.717) is 12.1 Å². The highest BCUT2D eigenvalue weighted by Crippen LogP contribution is 2.26. The fourth-order valence-corrected chi connectivity index (χ4v) is 2.38. The molecule has 0 aromatic carbocycles. The lowest BCUT2D eigenvalue weighted by Crippen LogP contribution is -2.44. The van der Waals surface area contributed by atoms with Crippen LogP contribution >= 0.6 is 0 Å². The summed E-state index contributed by atoms with van der Waals surface area (Å²) in [4.78, 5) is 18.2. The molecule has 23 heavy (non-hydrogen) atoms. The predicted molar refractivity (Wildman–Crippen MR) is 86.8 cm³/mol. The van der Waals surface area contributed by atoms with Crippen molar-refractivity contribution in [2.24, 2.45) is 5.41 Å². The Morgan fingerprint density at radius 2 is 2.26 bits per heavy atom. The van der Waals surface area contributed by atoms with E-state index in [4.69, 9.17) is 10.4 Å². The standard InChI is InChI=1S/C17H20N4O2/c1-17(2,3)15(21-16(22)23)8-11-7-13(20-10-11)12-5-4-6-19-14(12)9-18/h4-7,10,15,20-21H,8H2,1-3H3,(H,22,23). The Morgan fingerprint density at radius 1 is 1.52 bits per heavy atom. The number of nitrogens with one attached hydrogen (secondary N) is 2. The van der Waals surface area contributed by atoms with Gasteiger partial charge in [0.15, 0.2) is 0 Å². The van der Waals surface area contributed by atoms with Crippen LogP contribution < -0.4 is 5.32 Å². The number of nitriles is 1. The molecule has 0 aliphatic heterocycles. The van der Waals surface area contributed by atoms with Crippen LogP contribution in [0.15, 0.2) is 30.6 Å². The minimum atomic E-state index is -1.03. The Balaban J connectivity index is 2.25. The highest BCUT2D eigenvalue weighted by molar-refractivity contribution is 5.66. The summed E-state index contributed by atoms with van der Waals surface area (Å²) < 4.78 is 0. The molecule has 0 bridgehead atoms. The number of aromatic nitrogens is 2. The molecule has 1 unspecified atom stereocenters. The first-order valence-electron chi connectivity index (χ1n) is 7.33. The molecule has 0 aliphatic rings. The number of carboxylic acid groups (broad SMARTS) is 1. The van der Waals surface area contributed by atoms with Crippen molar-refractivity contribution in [1.82, 2.24) is 15.3 Å². The van der Waals surface area contributed by atoms with Gasteiger partial charge < -0.3 is 15.4 Å². The molecule has 2 aromatic rings. The summed E-state index contributed by atoms with van der Waals surface area (Å²) in [5.41, 5.74) is 2.66. The Kier molecular flexibility index (Phi) is 4.70. The van der Waals surface area contributed by atoms with Crippen LogP contribution in [0.4, 0.5) is 4.79 Å². The van der Waals surface area contributed by atoms with Crippen LogP contribution in [0.5, 0.6) is 0 Å². The van der Waals surface area contributed by atoms with Gasteiger partial charge in [-0.05, 0) is 35.6 Å². The number of hydrogen-bond acceptors (Lipinski definition) is 3. The number of rotatable bonds is 4. The normalized spacial score (nSPS) is 12.4. The monoisotopic (exact) mass is 312 g/mol. The maximum atomic E-state index is 11.0. The van der Waals surface area contributed by atoms with Gasteiger partial charge in [-0.15, -0.1) is 0 Å². The van der Waals surface area contributed by atoms with Crippen LogP contribution in [0.2, 0.25) is 0 Å². The van der Waals surface area contributed by atoms with Gasteiger partial charge in [-0.1, -0.05) is 20.8 Å². The summed E-state index contributed by atoms with van der Waals surface area (Å²) in [7, 11) is 0. The van der Waals surface area contributed by atoms with Crippen molar-refractivity contribution in [2.75, 3.05) is 0 Å². The third kappa shape index (κ3) is 4.10. The van der Waals surface area contributed by atoms with Crippen LogP contribution in [-0.4, -0.2) is 27.2 Å². The quantitative estimate of drug-likeness (QED) is 0.807. The maximum Gasteiger partial charge on any atom is 0.404 e. The lowest BCUT2D eigenvalue weighted by Gasteiger charge is -2.30. The van der Waals surface area contributed by atoms with Crippen LogP contribution in [-0.2, 0) is 6.42 Å². The lowest BCUT2D eigenvalue weighted by molar-refractivity contribution is 0.174. The first-order valence-corrected chi connectivity index (χ1v) is 7.33. The zero-order valence-corrected chi connectivity index (χ0v) is 13.4. The Labute approximate surface area is 135 Å². The van der Waals surface area contributed by atoms with Crippen molar-refractivity contribution in [3.05, 3.63) is 41.9 Å². The third-order valence-electron chi connectivity index (χ3n) is 3.73. The summed E-state index contributed by atoms with van der Waals surface area (Å²) in [6.45, 7) is 5.99. The largest absolute Gasteiger partial charge is 0.465 e. The lowest BCUT2D eigenvalue weighted by atomic mass is 9.83. The van der Waals surface area contributed by atoms with E-state index in [1.165, 1.54) is 0 Å².